The summed E-state index contributed by atoms with van der Waals surface area (Å²) in [7, 11) is 1.61. The van der Waals surface area contributed by atoms with E-state index in [1.165, 1.54) is 0 Å². The Kier molecular flexibility index (Phi) is 9.12. The summed E-state index contributed by atoms with van der Waals surface area (Å²) in [5.74, 6) is 0.525. The highest BCUT2D eigenvalue weighted by Crippen LogP contribution is 2.17. The molecule has 0 fully saturated rings. The van der Waals surface area contributed by atoms with Crippen molar-refractivity contribution in [3.8, 4) is 5.75 Å². The molecule has 127 valence electrons. The van der Waals surface area contributed by atoms with Crippen molar-refractivity contribution < 1.29 is 24.4 Å². The molecule has 0 amide bonds. The Hall–Kier alpha value is -0.635. The summed E-state index contributed by atoms with van der Waals surface area (Å²) < 4.78 is 11.1. The number of rotatable bonds is 10. The minimum absolute atomic E-state index is 0.0185. The molecule has 0 saturated carbocycles. The lowest BCUT2D eigenvalue weighted by Gasteiger charge is -2.21. The lowest BCUT2D eigenvalue weighted by molar-refractivity contribution is 0.0586. The quantitative estimate of drug-likeness (QED) is 0.337. The largest absolute Gasteiger partial charge is 0.493 e. The zero-order chi connectivity index (χ0) is 17.4. The zero-order valence-corrected chi connectivity index (χ0v) is 15.8. The Morgan fingerprint density at radius 3 is 2.26 bits per heavy atom. The number of carbonyl (C=O) groups excluding carboxylic acids is 1. The summed E-state index contributed by atoms with van der Waals surface area (Å²) >= 11 is 1.74. The number of aliphatic hydroxyl groups excluding tert-OH is 2. The van der Waals surface area contributed by atoms with Gasteiger partial charge in [0.25, 0.3) is 7.48 Å². The number of benzene rings is 1. The van der Waals surface area contributed by atoms with Crippen molar-refractivity contribution >= 4 is 33.9 Å². The summed E-state index contributed by atoms with van der Waals surface area (Å²) in [5.41, 5.74) is 0.624. The highest BCUT2D eigenvalue weighted by atomic mass is 127. The zero-order valence-electron chi connectivity index (χ0n) is 13.6. The number of aliphatic hydroxyl groups is 2. The summed E-state index contributed by atoms with van der Waals surface area (Å²) in [5, 5.41) is 19.2. The van der Waals surface area contributed by atoms with Gasteiger partial charge in [-0.15, -0.1) is 0 Å². The standard InChI is InChI=1S/C16H23BIO5/c1-10(19)12(3)23-17-8-14(11(2)20)9-22-15-6-4-13(5-7-15)16(18)21/h4-7,10-12,14,19-20H,8-9H2,1-3H3/t10?,11?,12-,14?/m1/s1. The van der Waals surface area contributed by atoms with Crippen LogP contribution < -0.4 is 4.74 Å². The van der Waals surface area contributed by atoms with Crippen LogP contribution in [0, 0.1) is 5.92 Å². The number of carbonyl (C=O) groups is 1. The maximum absolute atomic E-state index is 11.2. The van der Waals surface area contributed by atoms with Crippen LogP contribution in [0.5, 0.6) is 5.75 Å². The van der Waals surface area contributed by atoms with Gasteiger partial charge in [0.2, 0.25) is 3.79 Å². The molecule has 0 aliphatic carbocycles. The second-order valence-corrected chi connectivity index (χ2v) is 6.57. The molecule has 5 nitrogen and oxygen atoms in total. The highest BCUT2D eigenvalue weighted by Gasteiger charge is 2.18. The molecule has 1 rings (SSSR count). The molecule has 0 aliphatic rings. The van der Waals surface area contributed by atoms with E-state index >= 15 is 0 Å². The summed E-state index contributed by atoms with van der Waals surface area (Å²) in [6.07, 6.45) is -0.874. The molecule has 0 aromatic heterocycles. The smallest absolute Gasteiger partial charge is 0.293 e. The average molecular weight is 433 g/mol. The summed E-state index contributed by atoms with van der Waals surface area (Å²) in [6, 6.07) is 6.89. The average Bonchev–Trinajstić information content (AvgIpc) is 2.50. The molecule has 1 aromatic rings. The third-order valence-corrected chi connectivity index (χ3v) is 4.24. The third kappa shape index (κ3) is 7.65. The van der Waals surface area contributed by atoms with Crippen LogP contribution in [0.3, 0.4) is 0 Å². The van der Waals surface area contributed by atoms with E-state index in [-0.39, 0.29) is 15.8 Å². The van der Waals surface area contributed by atoms with Crippen molar-refractivity contribution in [1.82, 2.24) is 0 Å². The molecule has 7 heteroatoms. The highest BCUT2D eigenvalue weighted by molar-refractivity contribution is 14.1. The Labute approximate surface area is 151 Å². The van der Waals surface area contributed by atoms with Gasteiger partial charge in [-0.1, -0.05) is 0 Å². The molecule has 0 bridgehead atoms. The van der Waals surface area contributed by atoms with E-state index in [1.807, 2.05) is 0 Å². The molecule has 4 atom stereocenters. The minimum atomic E-state index is -0.549. The summed E-state index contributed by atoms with van der Waals surface area (Å²) in [6.45, 7) is 5.48. The second-order valence-electron chi connectivity index (χ2n) is 5.59. The molecule has 3 unspecified atom stereocenters. The van der Waals surface area contributed by atoms with Gasteiger partial charge in [-0.05, 0) is 51.4 Å². The number of halogens is 1. The Bertz CT molecular complexity index is 478. The Balaban J connectivity index is 2.45. The van der Waals surface area contributed by atoms with Gasteiger partial charge < -0.3 is 19.6 Å². The maximum Gasteiger partial charge on any atom is 0.293 e. The topological polar surface area (TPSA) is 76.0 Å². The van der Waals surface area contributed by atoms with Gasteiger partial charge in [0.1, 0.15) is 5.75 Å². The number of hydrogen-bond donors (Lipinski definition) is 2. The van der Waals surface area contributed by atoms with Crippen LogP contribution in [-0.4, -0.2) is 46.4 Å². The van der Waals surface area contributed by atoms with Crippen LogP contribution in [0.1, 0.15) is 31.1 Å². The van der Waals surface area contributed by atoms with Crippen LogP contribution in [0.2, 0.25) is 6.32 Å². The van der Waals surface area contributed by atoms with E-state index in [0.717, 1.165) is 0 Å². The molecule has 0 spiro atoms. The van der Waals surface area contributed by atoms with Gasteiger partial charge in [0.05, 0.1) is 24.9 Å². The van der Waals surface area contributed by atoms with Gasteiger partial charge in [0, 0.05) is 34.1 Å². The first-order valence-corrected chi connectivity index (χ1v) is 8.65. The van der Waals surface area contributed by atoms with Crippen LogP contribution in [0.25, 0.3) is 0 Å². The second kappa shape index (κ2) is 10.3. The van der Waals surface area contributed by atoms with Gasteiger partial charge in [-0.3, -0.25) is 4.79 Å². The van der Waals surface area contributed by atoms with Crippen molar-refractivity contribution in [3.05, 3.63) is 29.8 Å². The van der Waals surface area contributed by atoms with Gasteiger partial charge in [-0.2, -0.15) is 0 Å². The number of ether oxygens (including phenoxy) is 1. The van der Waals surface area contributed by atoms with Gasteiger partial charge >= 0.3 is 0 Å². The van der Waals surface area contributed by atoms with Crippen LogP contribution in [0.4, 0.5) is 0 Å². The van der Waals surface area contributed by atoms with Crippen LogP contribution in [0.15, 0.2) is 24.3 Å². The third-order valence-electron chi connectivity index (χ3n) is 3.62. The fourth-order valence-electron chi connectivity index (χ4n) is 1.73. The lowest BCUT2D eigenvalue weighted by Crippen LogP contribution is -2.29. The monoisotopic (exact) mass is 433 g/mol. The molecule has 0 aliphatic heterocycles. The predicted molar refractivity (Wildman–Crippen MR) is 98.2 cm³/mol. The van der Waals surface area contributed by atoms with Crippen molar-refractivity contribution in [2.75, 3.05) is 6.61 Å². The Morgan fingerprint density at radius 2 is 1.78 bits per heavy atom. The molecule has 23 heavy (non-hydrogen) atoms. The predicted octanol–water partition coefficient (Wildman–Crippen LogP) is 2.46. The van der Waals surface area contributed by atoms with Gasteiger partial charge in [-0.25, -0.2) is 0 Å². The molecular weight excluding hydrogens is 410 g/mol. The normalized spacial score (nSPS) is 16.3. The van der Waals surface area contributed by atoms with Gasteiger partial charge in [0.15, 0.2) is 0 Å². The molecule has 1 radical (unpaired) electrons. The van der Waals surface area contributed by atoms with E-state index in [9.17, 15) is 15.0 Å². The first-order chi connectivity index (χ1) is 10.8. The minimum Gasteiger partial charge on any atom is -0.493 e. The molecule has 2 N–H and O–H groups in total. The van der Waals surface area contributed by atoms with Crippen molar-refractivity contribution in [2.24, 2.45) is 5.92 Å². The van der Waals surface area contributed by atoms with Crippen molar-refractivity contribution in [3.63, 3.8) is 0 Å². The van der Waals surface area contributed by atoms with Crippen molar-refractivity contribution in [1.29, 1.82) is 0 Å². The SMILES string of the molecule is CC(O)C(C[B]O[C@H](C)C(C)O)COc1ccc(C(=O)I)cc1. The Morgan fingerprint density at radius 1 is 1.17 bits per heavy atom. The lowest BCUT2D eigenvalue weighted by atomic mass is 9.82. The summed E-state index contributed by atoms with van der Waals surface area (Å²) in [4.78, 5) is 11.2. The molecular formula is C16H23BIO5. The molecule has 0 heterocycles. The first-order valence-electron chi connectivity index (χ1n) is 7.57. The fourth-order valence-corrected chi connectivity index (χ4v) is 2.09. The van der Waals surface area contributed by atoms with E-state index in [2.05, 4.69) is 0 Å². The van der Waals surface area contributed by atoms with E-state index in [1.54, 1.807) is 75.1 Å². The van der Waals surface area contributed by atoms with Crippen LogP contribution >= 0.6 is 22.6 Å². The van der Waals surface area contributed by atoms with E-state index in [0.29, 0.717) is 24.2 Å². The molecule has 0 saturated heterocycles. The van der Waals surface area contributed by atoms with E-state index in [4.69, 9.17) is 9.39 Å². The maximum atomic E-state index is 11.2. The van der Waals surface area contributed by atoms with E-state index < -0.39 is 12.2 Å². The molecule has 1 aromatic carbocycles. The number of hydrogen-bond acceptors (Lipinski definition) is 5. The first kappa shape index (κ1) is 20.4. The van der Waals surface area contributed by atoms with Crippen LogP contribution in [-0.2, 0) is 4.65 Å². The van der Waals surface area contributed by atoms with Crippen molar-refractivity contribution in [2.45, 2.75) is 45.4 Å². The fraction of sp³-hybridized carbons (Fsp3) is 0.562.